The van der Waals surface area contributed by atoms with Crippen LogP contribution in [0, 0.1) is 0 Å². The van der Waals surface area contributed by atoms with Crippen LogP contribution in [0.3, 0.4) is 0 Å². The van der Waals surface area contributed by atoms with Gasteiger partial charge in [0, 0.05) is 47.6 Å². The summed E-state index contributed by atoms with van der Waals surface area (Å²) in [6.45, 7) is 8.34. The first-order valence-electron chi connectivity index (χ1n) is 21.3. The molecule has 4 aromatic rings. The van der Waals surface area contributed by atoms with E-state index in [0.29, 0.717) is 5.69 Å². The Kier molecular flexibility index (Phi) is 16.6. The van der Waals surface area contributed by atoms with Gasteiger partial charge in [-0.1, -0.05) is 97.1 Å². The van der Waals surface area contributed by atoms with Crippen molar-refractivity contribution in [3.8, 4) is 0 Å². The Hall–Kier alpha value is -5.75. The van der Waals surface area contributed by atoms with Crippen molar-refractivity contribution >= 4 is 59.0 Å². The van der Waals surface area contributed by atoms with Crippen LogP contribution in [0.2, 0.25) is 0 Å². The predicted octanol–water partition coefficient (Wildman–Crippen LogP) is 2.32. The Morgan fingerprint density at radius 2 is 0.953 bits per heavy atom. The minimum atomic E-state index is -1.02. The van der Waals surface area contributed by atoms with Gasteiger partial charge < -0.3 is 31.9 Å². The first-order valence-corrected chi connectivity index (χ1v) is 23.0. The zero-order valence-corrected chi connectivity index (χ0v) is 38.0. The van der Waals surface area contributed by atoms with Crippen LogP contribution in [0.25, 0.3) is 0 Å². The van der Waals surface area contributed by atoms with Crippen LogP contribution in [-0.2, 0) is 54.7 Å². The van der Waals surface area contributed by atoms with Crippen LogP contribution in [0.4, 0.5) is 0 Å². The molecule has 2 saturated heterocycles. The molecule has 3 aromatic carbocycles. The lowest BCUT2D eigenvalue weighted by Crippen LogP contribution is -2.59. The average molecular weight is 908 g/mol. The summed E-state index contributed by atoms with van der Waals surface area (Å²) < 4.78 is -1.37. The van der Waals surface area contributed by atoms with E-state index in [1.807, 2.05) is 119 Å². The largest absolute Gasteiger partial charge is 0.353 e. The lowest BCUT2D eigenvalue weighted by molar-refractivity contribution is -0.129. The van der Waals surface area contributed by atoms with Crippen molar-refractivity contribution in [2.24, 2.45) is 0 Å². The van der Waals surface area contributed by atoms with Gasteiger partial charge in [0.2, 0.25) is 35.4 Å². The first-order chi connectivity index (χ1) is 30.7. The molecule has 0 saturated carbocycles. The van der Waals surface area contributed by atoms with Crippen LogP contribution in [0.1, 0.15) is 50.1 Å². The van der Waals surface area contributed by atoms with Crippen molar-refractivity contribution in [2.45, 2.75) is 98.0 Å². The highest BCUT2D eigenvalue weighted by Crippen LogP contribution is 2.40. The summed E-state index contributed by atoms with van der Waals surface area (Å²) in [6.07, 6.45) is 1.66. The van der Waals surface area contributed by atoms with Crippen molar-refractivity contribution in [1.82, 2.24) is 47.5 Å². The van der Waals surface area contributed by atoms with Gasteiger partial charge in [0.15, 0.2) is 0 Å². The SMILES string of the molecule is CC1(C)S[C@H]([C@H](NC(=O)Cc2ccccc2)C(=O)NCc2ccccc2)N[C@H]1C(=O)NCCNC(=O)[C@@H]1N[C@@H]([C@H](NC(=O)Cc2ccccn2)C(=O)NCc2ccccc2)SC1(C)C. The summed E-state index contributed by atoms with van der Waals surface area (Å²) in [6, 6.07) is 29.9. The molecule has 0 bridgehead atoms. The molecule has 6 atom stereocenters. The van der Waals surface area contributed by atoms with Crippen molar-refractivity contribution in [2.75, 3.05) is 13.1 Å². The van der Waals surface area contributed by atoms with E-state index in [2.05, 4.69) is 47.5 Å². The number of carbonyl (C=O) groups is 6. The maximum Gasteiger partial charge on any atom is 0.245 e. The normalized spacial score (nSPS) is 20.5. The zero-order valence-electron chi connectivity index (χ0n) is 36.4. The van der Waals surface area contributed by atoms with Gasteiger partial charge >= 0.3 is 0 Å². The van der Waals surface area contributed by atoms with Gasteiger partial charge in [0.1, 0.15) is 24.2 Å². The topological polar surface area (TPSA) is 212 Å². The highest BCUT2D eigenvalue weighted by molar-refractivity contribution is 8.01. The Labute approximate surface area is 382 Å². The fourth-order valence-electron chi connectivity index (χ4n) is 7.52. The Morgan fingerprint density at radius 3 is 1.38 bits per heavy atom. The fourth-order valence-corrected chi connectivity index (χ4v) is 10.5. The van der Waals surface area contributed by atoms with E-state index in [0.717, 1.165) is 16.7 Å². The minimum Gasteiger partial charge on any atom is -0.353 e. The van der Waals surface area contributed by atoms with Crippen molar-refractivity contribution in [1.29, 1.82) is 0 Å². The van der Waals surface area contributed by atoms with Gasteiger partial charge in [-0.15, -0.1) is 23.5 Å². The van der Waals surface area contributed by atoms with Crippen molar-refractivity contribution in [3.63, 3.8) is 0 Å². The van der Waals surface area contributed by atoms with Gasteiger partial charge in [0.05, 0.1) is 23.6 Å². The molecule has 0 spiro atoms. The molecule has 6 rings (SSSR count). The maximum atomic E-state index is 13.7. The number of amides is 6. The van der Waals surface area contributed by atoms with Gasteiger partial charge in [0.25, 0.3) is 0 Å². The van der Waals surface area contributed by atoms with Gasteiger partial charge in [-0.25, -0.2) is 0 Å². The monoisotopic (exact) mass is 907 g/mol. The summed E-state index contributed by atoms with van der Waals surface area (Å²) >= 11 is 2.78. The van der Waals surface area contributed by atoms with E-state index in [1.165, 1.54) is 23.5 Å². The van der Waals surface area contributed by atoms with E-state index in [1.54, 1.807) is 24.4 Å². The van der Waals surface area contributed by atoms with Crippen LogP contribution in [0.15, 0.2) is 115 Å². The van der Waals surface area contributed by atoms with Gasteiger partial charge in [-0.05, 0) is 56.5 Å². The molecule has 1 aromatic heterocycles. The predicted molar refractivity (Wildman–Crippen MR) is 249 cm³/mol. The maximum absolute atomic E-state index is 13.7. The number of hydrogen-bond acceptors (Lipinski definition) is 11. The number of rotatable bonds is 19. The number of thioether (sulfide) groups is 2. The molecule has 2 fully saturated rings. The summed E-state index contributed by atoms with van der Waals surface area (Å²) in [4.78, 5) is 85.6. The Bertz CT molecular complexity index is 2060. The summed E-state index contributed by atoms with van der Waals surface area (Å²) in [5.41, 5.74) is 3.16. The second kappa shape index (κ2) is 22.2. The molecule has 3 heterocycles. The molecule has 6 amide bonds. The van der Waals surface area contributed by atoms with E-state index < -0.39 is 50.3 Å². The van der Waals surface area contributed by atoms with Crippen LogP contribution >= 0.6 is 23.5 Å². The lowest BCUT2D eigenvalue weighted by atomic mass is 10.0. The lowest BCUT2D eigenvalue weighted by Gasteiger charge is -2.25. The number of benzene rings is 3. The number of hydrogen-bond donors (Lipinski definition) is 8. The number of aromatic nitrogens is 1. The summed E-state index contributed by atoms with van der Waals surface area (Å²) in [5, 5.41) is 22.8. The quantitative estimate of drug-likeness (QED) is 0.0641. The van der Waals surface area contributed by atoms with Crippen molar-refractivity contribution < 1.29 is 28.8 Å². The summed E-state index contributed by atoms with van der Waals surface area (Å²) in [5.74, 6) is -2.16. The fraction of sp³-hybridized carbons (Fsp3) is 0.383. The molecule has 2 aliphatic heterocycles. The van der Waals surface area contributed by atoms with E-state index in [-0.39, 0.29) is 68.6 Å². The number of nitrogens with zero attached hydrogens (tertiary/aromatic N) is 1. The minimum absolute atomic E-state index is 0.0252. The Morgan fingerprint density at radius 1 is 0.547 bits per heavy atom. The zero-order chi connectivity index (χ0) is 45.7. The second-order valence-electron chi connectivity index (χ2n) is 16.7. The smallest absolute Gasteiger partial charge is 0.245 e. The van der Waals surface area contributed by atoms with Gasteiger partial charge in [-0.2, -0.15) is 0 Å². The third-order valence-electron chi connectivity index (χ3n) is 10.9. The highest BCUT2D eigenvalue weighted by Gasteiger charge is 2.50. The average Bonchev–Trinajstić information content (AvgIpc) is 3.79. The molecular weight excluding hydrogens is 851 g/mol. The molecule has 15 nitrogen and oxygen atoms in total. The third-order valence-corrected chi connectivity index (χ3v) is 13.9. The Balaban J connectivity index is 1.04. The molecule has 64 heavy (non-hydrogen) atoms. The van der Waals surface area contributed by atoms with Crippen LogP contribution in [0.5, 0.6) is 0 Å². The highest BCUT2D eigenvalue weighted by atomic mass is 32.2. The molecule has 2 aliphatic rings. The molecule has 17 heteroatoms. The molecule has 0 unspecified atom stereocenters. The van der Waals surface area contributed by atoms with Crippen LogP contribution < -0.4 is 42.5 Å². The third kappa shape index (κ3) is 13.4. The number of carbonyl (C=O) groups excluding carboxylic acids is 6. The summed E-state index contributed by atoms with van der Waals surface area (Å²) in [7, 11) is 0. The molecule has 338 valence electrons. The molecule has 8 N–H and O–H groups in total. The molecular formula is C47H57N9O6S2. The second-order valence-corrected chi connectivity index (χ2v) is 20.3. The van der Waals surface area contributed by atoms with E-state index >= 15 is 0 Å². The van der Waals surface area contributed by atoms with E-state index in [4.69, 9.17) is 0 Å². The van der Waals surface area contributed by atoms with Crippen LogP contribution in [-0.4, -0.2) is 97.9 Å². The standard InChI is InChI=1S/C47H57N9O6S2/c1-46(2)38(55-44(63-46)36(40(59)51-28-31-18-10-6-11-19-31)53-34(57)26-30-16-8-5-9-17-30)42(61)49-24-25-50-43(62)39-47(3,4)64-45(56-39)37(41(60)52-29-32-20-12-7-13-21-32)54-35(58)27-33-22-14-15-23-48-33/h5-23,36-39,44-45,55-56H,24-29H2,1-4H3,(H,49,61)(H,50,62)(H,51,59)(H,52,60)(H,53,57)(H,54,58)/t36-,37-,38+,39+,44-,45-/m1/s1. The first kappa shape index (κ1) is 47.7. The number of pyridine rings is 1. The van der Waals surface area contributed by atoms with Crippen molar-refractivity contribution in [3.05, 3.63) is 138 Å². The molecule has 0 aliphatic carbocycles. The van der Waals surface area contributed by atoms with E-state index in [9.17, 15) is 28.8 Å². The number of nitrogens with one attached hydrogen (secondary N) is 8. The van der Waals surface area contributed by atoms with Gasteiger partial charge in [-0.3, -0.25) is 44.4 Å². The molecule has 0 radical (unpaired) electrons.